The van der Waals surface area contributed by atoms with Crippen molar-refractivity contribution in [2.75, 3.05) is 18.4 Å². The number of amides is 2. The molecule has 0 saturated carbocycles. The Morgan fingerprint density at radius 2 is 2.24 bits per heavy atom. The molecule has 114 valence electrons. The first kappa shape index (κ1) is 16.1. The molecule has 2 rings (SSSR count). The van der Waals surface area contributed by atoms with Crippen molar-refractivity contribution < 1.29 is 14.7 Å². The minimum Gasteiger partial charge on any atom is -0.481 e. The lowest BCUT2D eigenvalue weighted by Gasteiger charge is -2.23. The Hall–Kier alpha value is -1.27. The smallest absolute Gasteiger partial charge is 0.321 e. The van der Waals surface area contributed by atoms with Gasteiger partial charge < -0.3 is 15.3 Å². The van der Waals surface area contributed by atoms with Crippen LogP contribution in [0, 0.1) is 5.41 Å². The first-order valence-corrected chi connectivity index (χ1v) is 7.79. The lowest BCUT2D eigenvalue weighted by atomic mass is 9.84. The number of carboxylic acid groups (broad SMARTS) is 1. The Kier molecular flexibility index (Phi) is 4.78. The molecule has 2 amide bonds. The zero-order chi connectivity index (χ0) is 15.6. The number of benzene rings is 1. The second kappa shape index (κ2) is 6.23. The van der Waals surface area contributed by atoms with Gasteiger partial charge in [0.25, 0.3) is 0 Å². The first-order valence-electron chi connectivity index (χ1n) is 6.62. The zero-order valence-corrected chi connectivity index (χ0v) is 13.9. The van der Waals surface area contributed by atoms with E-state index in [4.69, 9.17) is 11.6 Å². The maximum atomic E-state index is 12.3. The molecule has 1 fully saturated rings. The molecular weight excluding hydrogens is 360 g/mol. The number of urea groups is 1. The van der Waals surface area contributed by atoms with Crippen LogP contribution in [0.25, 0.3) is 0 Å². The van der Waals surface area contributed by atoms with Crippen molar-refractivity contribution in [2.24, 2.45) is 5.41 Å². The van der Waals surface area contributed by atoms with Crippen LogP contribution < -0.4 is 5.32 Å². The average Bonchev–Trinajstić information content (AvgIpc) is 2.89. The first-order chi connectivity index (χ1) is 9.88. The molecule has 5 nitrogen and oxygen atoms in total. The van der Waals surface area contributed by atoms with Crippen molar-refractivity contribution in [3.63, 3.8) is 0 Å². The van der Waals surface area contributed by atoms with Crippen LogP contribution in [-0.2, 0) is 4.79 Å². The van der Waals surface area contributed by atoms with Gasteiger partial charge in [0, 0.05) is 22.6 Å². The SMILES string of the molecule is CCC1(C(=O)O)CCN(C(=O)Nc2cc(Cl)ccc2Br)C1. The number of carbonyl (C=O) groups excluding carboxylic acids is 1. The molecule has 0 aliphatic carbocycles. The molecule has 2 N–H and O–H groups in total. The average molecular weight is 376 g/mol. The zero-order valence-electron chi connectivity index (χ0n) is 11.5. The monoisotopic (exact) mass is 374 g/mol. The third-order valence-electron chi connectivity index (χ3n) is 3.94. The van der Waals surface area contributed by atoms with Crippen LogP contribution in [0.5, 0.6) is 0 Å². The highest BCUT2D eigenvalue weighted by Crippen LogP contribution is 2.35. The number of hydrogen-bond donors (Lipinski definition) is 2. The van der Waals surface area contributed by atoms with Gasteiger partial charge in [0.15, 0.2) is 0 Å². The fourth-order valence-electron chi connectivity index (χ4n) is 2.45. The normalized spacial score (nSPS) is 21.4. The van der Waals surface area contributed by atoms with E-state index in [1.54, 1.807) is 18.2 Å². The molecule has 7 heteroatoms. The van der Waals surface area contributed by atoms with E-state index < -0.39 is 11.4 Å². The topological polar surface area (TPSA) is 69.6 Å². The Bertz CT molecular complexity index is 581. The van der Waals surface area contributed by atoms with E-state index in [-0.39, 0.29) is 12.6 Å². The van der Waals surface area contributed by atoms with E-state index in [9.17, 15) is 14.7 Å². The quantitative estimate of drug-likeness (QED) is 0.844. The summed E-state index contributed by atoms with van der Waals surface area (Å²) in [7, 11) is 0. The highest BCUT2D eigenvalue weighted by Gasteiger charge is 2.44. The highest BCUT2D eigenvalue weighted by molar-refractivity contribution is 9.10. The minimum absolute atomic E-state index is 0.225. The number of likely N-dealkylation sites (tertiary alicyclic amines) is 1. The number of hydrogen-bond acceptors (Lipinski definition) is 2. The van der Waals surface area contributed by atoms with Gasteiger partial charge in [-0.15, -0.1) is 0 Å². The third kappa shape index (κ3) is 3.32. The lowest BCUT2D eigenvalue weighted by Crippen LogP contribution is -2.38. The van der Waals surface area contributed by atoms with Crippen LogP contribution in [-0.4, -0.2) is 35.1 Å². The molecule has 0 spiro atoms. The lowest BCUT2D eigenvalue weighted by molar-refractivity contribution is -0.148. The summed E-state index contributed by atoms with van der Waals surface area (Å²) in [5.74, 6) is -0.843. The largest absolute Gasteiger partial charge is 0.481 e. The van der Waals surface area contributed by atoms with Gasteiger partial charge in [-0.1, -0.05) is 18.5 Å². The molecule has 1 aliphatic heterocycles. The molecule has 0 aromatic heterocycles. The summed E-state index contributed by atoms with van der Waals surface area (Å²) >= 11 is 9.25. The number of nitrogens with zero attached hydrogens (tertiary/aromatic N) is 1. The summed E-state index contributed by atoms with van der Waals surface area (Å²) < 4.78 is 0.722. The molecule has 1 atom stereocenters. The van der Waals surface area contributed by atoms with Crippen LogP contribution in [0.3, 0.4) is 0 Å². The molecule has 1 aromatic rings. The van der Waals surface area contributed by atoms with Gasteiger partial charge in [0.2, 0.25) is 0 Å². The summed E-state index contributed by atoms with van der Waals surface area (Å²) in [5, 5.41) is 12.6. The van der Waals surface area contributed by atoms with E-state index in [1.807, 2.05) is 6.92 Å². The van der Waals surface area contributed by atoms with E-state index in [0.717, 1.165) is 4.47 Å². The second-order valence-electron chi connectivity index (χ2n) is 5.16. The van der Waals surface area contributed by atoms with Crippen molar-refractivity contribution in [2.45, 2.75) is 19.8 Å². The Morgan fingerprint density at radius 3 is 2.81 bits per heavy atom. The Balaban J connectivity index is 2.09. The predicted molar refractivity (Wildman–Crippen MR) is 84.7 cm³/mol. The van der Waals surface area contributed by atoms with Crippen molar-refractivity contribution in [1.82, 2.24) is 4.90 Å². The minimum atomic E-state index is -0.843. The van der Waals surface area contributed by atoms with Gasteiger partial charge in [-0.25, -0.2) is 4.79 Å². The van der Waals surface area contributed by atoms with E-state index >= 15 is 0 Å². The van der Waals surface area contributed by atoms with Crippen LogP contribution in [0.1, 0.15) is 19.8 Å². The maximum absolute atomic E-state index is 12.3. The number of halogens is 2. The van der Waals surface area contributed by atoms with Crippen molar-refractivity contribution >= 4 is 45.2 Å². The number of carbonyl (C=O) groups is 2. The van der Waals surface area contributed by atoms with Gasteiger partial charge in [-0.3, -0.25) is 4.79 Å². The fourth-order valence-corrected chi connectivity index (χ4v) is 2.97. The number of anilines is 1. The number of carboxylic acids is 1. The molecule has 1 aliphatic rings. The summed E-state index contributed by atoms with van der Waals surface area (Å²) in [6.07, 6.45) is 0.982. The molecule has 0 radical (unpaired) electrons. The summed E-state index contributed by atoms with van der Waals surface area (Å²) in [5.41, 5.74) is -0.264. The summed E-state index contributed by atoms with van der Waals surface area (Å²) in [6.45, 7) is 2.50. The predicted octanol–water partition coefficient (Wildman–Crippen LogP) is 3.82. The van der Waals surface area contributed by atoms with Crippen molar-refractivity contribution in [1.29, 1.82) is 0 Å². The molecule has 0 bridgehead atoms. The van der Waals surface area contributed by atoms with Crippen LogP contribution in [0.15, 0.2) is 22.7 Å². The standard InChI is InChI=1S/C14H16BrClN2O3/c1-2-14(12(19)20)5-6-18(8-14)13(21)17-11-7-9(16)3-4-10(11)15/h3-4,7H,2,5-6,8H2,1H3,(H,17,21)(H,19,20). The molecule has 1 heterocycles. The van der Waals surface area contributed by atoms with Gasteiger partial charge in [-0.05, 0) is 47.0 Å². The van der Waals surface area contributed by atoms with Crippen LogP contribution in [0.2, 0.25) is 5.02 Å². The van der Waals surface area contributed by atoms with Gasteiger partial charge >= 0.3 is 12.0 Å². The third-order valence-corrected chi connectivity index (χ3v) is 4.87. The van der Waals surface area contributed by atoms with Crippen LogP contribution in [0.4, 0.5) is 10.5 Å². The molecule has 21 heavy (non-hydrogen) atoms. The van der Waals surface area contributed by atoms with Crippen LogP contribution >= 0.6 is 27.5 Å². The summed E-state index contributed by atoms with van der Waals surface area (Å²) in [4.78, 5) is 25.2. The molecule has 1 unspecified atom stereocenters. The van der Waals surface area contributed by atoms with Gasteiger partial charge in [-0.2, -0.15) is 0 Å². The number of aliphatic carboxylic acids is 1. The fraction of sp³-hybridized carbons (Fsp3) is 0.429. The molecule has 1 aromatic carbocycles. The highest BCUT2D eigenvalue weighted by atomic mass is 79.9. The maximum Gasteiger partial charge on any atom is 0.321 e. The number of rotatable bonds is 3. The number of nitrogens with one attached hydrogen (secondary N) is 1. The van der Waals surface area contributed by atoms with E-state index in [0.29, 0.717) is 30.1 Å². The Labute approximate surface area is 136 Å². The molecular formula is C14H16BrClN2O3. The van der Waals surface area contributed by atoms with E-state index in [1.165, 1.54) is 4.90 Å². The van der Waals surface area contributed by atoms with Crippen molar-refractivity contribution in [3.8, 4) is 0 Å². The van der Waals surface area contributed by atoms with Gasteiger partial charge in [0.05, 0.1) is 11.1 Å². The summed E-state index contributed by atoms with van der Waals surface area (Å²) in [6, 6.07) is 4.79. The molecule has 1 saturated heterocycles. The van der Waals surface area contributed by atoms with E-state index in [2.05, 4.69) is 21.2 Å². The second-order valence-corrected chi connectivity index (χ2v) is 6.46. The van der Waals surface area contributed by atoms with Gasteiger partial charge in [0.1, 0.15) is 0 Å². The van der Waals surface area contributed by atoms with Crippen molar-refractivity contribution in [3.05, 3.63) is 27.7 Å². The Morgan fingerprint density at radius 1 is 1.52 bits per heavy atom.